The van der Waals surface area contributed by atoms with Crippen molar-refractivity contribution in [2.45, 2.75) is 44.8 Å². The number of benzene rings is 1. The highest BCUT2D eigenvalue weighted by Crippen LogP contribution is 2.26. The van der Waals surface area contributed by atoms with Gasteiger partial charge in [0.05, 0.1) is 6.10 Å². The lowest BCUT2D eigenvalue weighted by Gasteiger charge is -2.26. The number of hydrogen-bond acceptors (Lipinski definition) is 3. The number of anilines is 1. The highest BCUT2D eigenvalue weighted by atomic mass is 79.9. The summed E-state index contributed by atoms with van der Waals surface area (Å²) in [6.45, 7) is 4.00. The Hall–Kier alpha value is -0.580. The molecule has 112 valence electrons. The van der Waals surface area contributed by atoms with Gasteiger partial charge in [-0.1, -0.05) is 22.9 Å². The highest BCUT2D eigenvalue weighted by molar-refractivity contribution is 9.10. The van der Waals surface area contributed by atoms with Gasteiger partial charge in [-0.25, -0.2) is 0 Å². The zero-order chi connectivity index (χ0) is 14.5. The molecule has 1 fully saturated rings. The molecule has 0 amide bonds. The monoisotopic (exact) mass is 340 g/mol. The van der Waals surface area contributed by atoms with Crippen molar-refractivity contribution in [1.82, 2.24) is 0 Å². The van der Waals surface area contributed by atoms with E-state index >= 15 is 0 Å². The van der Waals surface area contributed by atoms with Crippen LogP contribution < -0.4 is 10.6 Å². The van der Waals surface area contributed by atoms with Crippen LogP contribution in [0.3, 0.4) is 0 Å². The minimum atomic E-state index is 0.221. The molecule has 0 aromatic heterocycles. The lowest BCUT2D eigenvalue weighted by molar-refractivity contribution is 0.116. The molecule has 0 radical (unpaired) electrons. The summed E-state index contributed by atoms with van der Waals surface area (Å²) in [5.74, 6) is 0. The van der Waals surface area contributed by atoms with Gasteiger partial charge in [0.2, 0.25) is 0 Å². The topological polar surface area (TPSA) is 38.5 Å². The number of nitrogens with two attached hydrogens (primary N) is 1. The zero-order valence-corrected chi connectivity index (χ0v) is 14.0. The van der Waals surface area contributed by atoms with E-state index in [1.54, 1.807) is 0 Å². The summed E-state index contributed by atoms with van der Waals surface area (Å²) in [4.78, 5) is 2.31. The maximum absolute atomic E-state index is 6.13. The van der Waals surface area contributed by atoms with Crippen molar-refractivity contribution >= 4 is 21.6 Å². The molecule has 1 heterocycles. The van der Waals surface area contributed by atoms with Crippen LogP contribution in [-0.2, 0) is 11.2 Å². The molecular weight excluding hydrogens is 316 g/mol. The molecule has 1 aromatic carbocycles. The first kappa shape index (κ1) is 15.8. The van der Waals surface area contributed by atoms with E-state index in [1.165, 1.54) is 24.1 Å². The van der Waals surface area contributed by atoms with Gasteiger partial charge in [0.25, 0.3) is 0 Å². The van der Waals surface area contributed by atoms with Crippen LogP contribution >= 0.6 is 15.9 Å². The summed E-state index contributed by atoms with van der Waals surface area (Å²) in [6.07, 6.45) is 4.65. The fraction of sp³-hybridized carbons (Fsp3) is 0.625. The third-order valence-corrected chi connectivity index (χ3v) is 4.45. The Morgan fingerprint density at radius 1 is 1.50 bits per heavy atom. The van der Waals surface area contributed by atoms with Crippen LogP contribution in [0.25, 0.3) is 0 Å². The van der Waals surface area contributed by atoms with E-state index in [0.29, 0.717) is 6.10 Å². The molecule has 0 bridgehead atoms. The molecule has 2 unspecified atom stereocenters. The van der Waals surface area contributed by atoms with Crippen molar-refractivity contribution < 1.29 is 4.74 Å². The Balaban J connectivity index is 2.11. The van der Waals surface area contributed by atoms with Crippen LogP contribution in [0.15, 0.2) is 22.7 Å². The van der Waals surface area contributed by atoms with Crippen molar-refractivity contribution in [2.75, 3.05) is 25.1 Å². The molecule has 1 saturated heterocycles. The highest BCUT2D eigenvalue weighted by Gasteiger charge is 2.19. The Labute approximate surface area is 130 Å². The predicted octanol–water partition coefficient (Wildman–Crippen LogP) is 3.34. The van der Waals surface area contributed by atoms with E-state index in [4.69, 9.17) is 10.5 Å². The van der Waals surface area contributed by atoms with Gasteiger partial charge >= 0.3 is 0 Å². The van der Waals surface area contributed by atoms with Crippen LogP contribution in [-0.4, -0.2) is 32.3 Å². The SMILES string of the molecule is CCC(N)Cc1cc(Br)ccc1N(C)CC1CCCO1. The van der Waals surface area contributed by atoms with Gasteiger partial charge in [-0.15, -0.1) is 0 Å². The normalized spacial score (nSPS) is 20.1. The van der Waals surface area contributed by atoms with Crippen molar-refractivity contribution in [3.63, 3.8) is 0 Å². The fourth-order valence-electron chi connectivity index (χ4n) is 2.71. The minimum Gasteiger partial charge on any atom is -0.376 e. The summed E-state index contributed by atoms with van der Waals surface area (Å²) < 4.78 is 6.85. The quantitative estimate of drug-likeness (QED) is 0.862. The van der Waals surface area contributed by atoms with Gasteiger partial charge in [0.1, 0.15) is 0 Å². The lowest BCUT2D eigenvalue weighted by atomic mass is 10.0. The fourth-order valence-corrected chi connectivity index (χ4v) is 3.12. The van der Waals surface area contributed by atoms with Gasteiger partial charge in [0, 0.05) is 36.4 Å². The summed E-state index contributed by atoms with van der Waals surface area (Å²) in [7, 11) is 2.14. The van der Waals surface area contributed by atoms with Crippen LogP contribution in [0.1, 0.15) is 31.7 Å². The van der Waals surface area contributed by atoms with Gasteiger partial charge in [-0.3, -0.25) is 0 Å². The molecular formula is C16H25BrN2O. The van der Waals surface area contributed by atoms with E-state index in [0.717, 1.165) is 30.5 Å². The minimum absolute atomic E-state index is 0.221. The number of halogens is 1. The van der Waals surface area contributed by atoms with E-state index < -0.39 is 0 Å². The van der Waals surface area contributed by atoms with Crippen molar-refractivity contribution in [3.8, 4) is 0 Å². The molecule has 1 aliphatic rings. The number of ether oxygens (including phenoxy) is 1. The Morgan fingerprint density at radius 2 is 2.30 bits per heavy atom. The third-order valence-electron chi connectivity index (χ3n) is 3.96. The second-order valence-electron chi connectivity index (χ2n) is 5.66. The molecule has 20 heavy (non-hydrogen) atoms. The molecule has 0 saturated carbocycles. The smallest absolute Gasteiger partial charge is 0.0750 e. The second kappa shape index (κ2) is 7.43. The summed E-state index contributed by atoms with van der Waals surface area (Å²) in [5, 5.41) is 0. The summed E-state index contributed by atoms with van der Waals surface area (Å²) >= 11 is 3.56. The van der Waals surface area contributed by atoms with E-state index in [1.807, 2.05) is 0 Å². The first-order valence-corrected chi connectivity index (χ1v) is 8.26. The van der Waals surface area contributed by atoms with Crippen LogP contribution in [0.4, 0.5) is 5.69 Å². The Morgan fingerprint density at radius 3 is 2.95 bits per heavy atom. The van der Waals surface area contributed by atoms with Crippen molar-refractivity contribution in [2.24, 2.45) is 5.73 Å². The predicted molar refractivity (Wildman–Crippen MR) is 88.4 cm³/mol. The largest absolute Gasteiger partial charge is 0.376 e. The second-order valence-corrected chi connectivity index (χ2v) is 6.58. The van der Waals surface area contributed by atoms with Gasteiger partial charge in [-0.05, 0) is 49.4 Å². The van der Waals surface area contributed by atoms with Crippen molar-refractivity contribution in [1.29, 1.82) is 0 Å². The molecule has 2 N–H and O–H groups in total. The standard InChI is InChI=1S/C16H25BrN2O/c1-3-14(18)10-12-9-13(17)6-7-16(12)19(2)11-15-5-4-8-20-15/h6-7,9,14-15H,3-5,8,10-11,18H2,1-2H3. The third kappa shape index (κ3) is 4.21. The molecule has 1 aromatic rings. The molecule has 0 aliphatic carbocycles. The average molecular weight is 341 g/mol. The molecule has 3 nitrogen and oxygen atoms in total. The first-order valence-electron chi connectivity index (χ1n) is 7.47. The lowest BCUT2D eigenvalue weighted by Crippen LogP contribution is -2.30. The van der Waals surface area contributed by atoms with E-state index in [2.05, 4.69) is 53.0 Å². The molecule has 2 atom stereocenters. The molecule has 1 aliphatic heterocycles. The number of hydrogen-bond donors (Lipinski definition) is 1. The Kier molecular flexibility index (Phi) is 5.87. The number of nitrogens with zero attached hydrogens (tertiary/aromatic N) is 1. The maximum atomic E-state index is 6.13. The summed E-state index contributed by atoms with van der Waals surface area (Å²) in [6, 6.07) is 6.69. The number of rotatable bonds is 6. The van der Waals surface area contributed by atoms with E-state index in [-0.39, 0.29) is 6.04 Å². The van der Waals surface area contributed by atoms with E-state index in [9.17, 15) is 0 Å². The van der Waals surface area contributed by atoms with Crippen LogP contribution in [0.2, 0.25) is 0 Å². The number of likely N-dealkylation sites (N-methyl/N-ethyl adjacent to an activating group) is 1. The average Bonchev–Trinajstić information content (AvgIpc) is 2.91. The van der Waals surface area contributed by atoms with Gasteiger partial charge < -0.3 is 15.4 Å². The molecule has 2 rings (SSSR count). The summed E-state index contributed by atoms with van der Waals surface area (Å²) in [5.41, 5.74) is 8.71. The molecule has 4 heteroatoms. The van der Waals surface area contributed by atoms with Gasteiger partial charge in [0.15, 0.2) is 0 Å². The van der Waals surface area contributed by atoms with Crippen LogP contribution in [0, 0.1) is 0 Å². The van der Waals surface area contributed by atoms with Crippen molar-refractivity contribution in [3.05, 3.63) is 28.2 Å². The maximum Gasteiger partial charge on any atom is 0.0750 e. The van der Waals surface area contributed by atoms with Crippen LogP contribution in [0.5, 0.6) is 0 Å². The Bertz CT molecular complexity index is 432. The zero-order valence-electron chi connectivity index (χ0n) is 12.4. The first-order chi connectivity index (χ1) is 9.60. The van der Waals surface area contributed by atoms with Gasteiger partial charge in [-0.2, -0.15) is 0 Å². The molecule has 0 spiro atoms.